The number of rotatable bonds is 3. The van der Waals surface area contributed by atoms with Gasteiger partial charge in [0.25, 0.3) is 0 Å². The summed E-state index contributed by atoms with van der Waals surface area (Å²) in [5.74, 6) is 0. The molecule has 0 bridgehead atoms. The van der Waals surface area contributed by atoms with Crippen molar-refractivity contribution in [3.63, 3.8) is 0 Å². The van der Waals surface area contributed by atoms with Crippen LogP contribution in [-0.2, 0) is 0 Å². The van der Waals surface area contributed by atoms with Crippen LogP contribution in [0.15, 0.2) is 18.9 Å². The van der Waals surface area contributed by atoms with Crippen molar-refractivity contribution >= 4 is 18.2 Å². The molecule has 0 fully saturated rings. The third kappa shape index (κ3) is 1.79. The molecule has 0 radical (unpaired) electrons. The summed E-state index contributed by atoms with van der Waals surface area (Å²) in [6.07, 6.45) is 5.52. The van der Waals surface area contributed by atoms with E-state index in [0.717, 1.165) is 28.2 Å². The molecule has 0 aromatic carbocycles. The van der Waals surface area contributed by atoms with Crippen LogP contribution in [0.2, 0.25) is 0 Å². The predicted molar refractivity (Wildman–Crippen MR) is 63.6 cm³/mol. The quantitative estimate of drug-likeness (QED) is 0.752. The molecule has 2 nitrogen and oxygen atoms in total. The highest BCUT2D eigenvalue weighted by molar-refractivity contribution is 5.70. The van der Waals surface area contributed by atoms with Gasteiger partial charge in [0.2, 0.25) is 0 Å². The third-order valence-corrected chi connectivity index (χ3v) is 2.15. The number of H-pyrrole nitrogens is 1. The Balaban J connectivity index is 3.34. The van der Waals surface area contributed by atoms with Gasteiger partial charge in [-0.1, -0.05) is 19.2 Å². The van der Waals surface area contributed by atoms with Gasteiger partial charge >= 0.3 is 0 Å². The summed E-state index contributed by atoms with van der Waals surface area (Å²) in [6.45, 7) is 11.4. The van der Waals surface area contributed by atoms with Crippen molar-refractivity contribution in [1.82, 2.24) is 4.98 Å². The van der Waals surface area contributed by atoms with Crippen molar-refractivity contribution in [2.45, 2.75) is 13.8 Å². The maximum Gasteiger partial charge on any atom is 0.0455 e. The van der Waals surface area contributed by atoms with E-state index in [0.29, 0.717) is 0 Å². The van der Waals surface area contributed by atoms with E-state index in [1.54, 1.807) is 6.08 Å². The van der Waals surface area contributed by atoms with Gasteiger partial charge in [-0.25, -0.2) is 0 Å². The fraction of sp³-hybridized carbons (Fsp3) is 0.167. The van der Waals surface area contributed by atoms with Crippen LogP contribution in [-0.4, -0.2) is 4.98 Å². The highest BCUT2D eigenvalue weighted by Gasteiger charge is 2.07. The Kier molecular flexibility index (Phi) is 2.97. The molecule has 1 rings (SSSR count). The van der Waals surface area contributed by atoms with Crippen LogP contribution < -0.4 is 5.73 Å². The fourth-order valence-electron chi connectivity index (χ4n) is 1.45. The molecular weight excluding hydrogens is 172 g/mol. The van der Waals surface area contributed by atoms with Gasteiger partial charge in [-0.2, -0.15) is 0 Å². The van der Waals surface area contributed by atoms with Gasteiger partial charge in [0.15, 0.2) is 0 Å². The van der Waals surface area contributed by atoms with E-state index in [9.17, 15) is 0 Å². The first-order valence-electron chi connectivity index (χ1n) is 4.51. The minimum Gasteiger partial charge on any atom is -0.402 e. The first kappa shape index (κ1) is 10.4. The largest absolute Gasteiger partial charge is 0.402 e. The lowest BCUT2D eigenvalue weighted by atomic mass is 10.1. The zero-order valence-electron chi connectivity index (χ0n) is 8.72. The van der Waals surface area contributed by atoms with Gasteiger partial charge < -0.3 is 10.7 Å². The summed E-state index contributed by atoms with van der Waals surface area (Å²) in [5, 5.41) is 0. The lowest BCUT2D eigenvalue weighted by Crippen LogP contribution is -1.90. The molecule has 1 heterocycles. The van der Waals surface area contributed by atoms with E-state index in [2.05, 4.69) is 18.1 Å². The summed E-state index contributed by atoms with van der Waals surface area (Å²) in [7, 11) is 0. The molecule has 2 heteroatoms. The number of hydrogen-bond acceptors (Lipinski definition) is 1. The molecule has 0 saturated carbocycles. The first-order valence-corrected chi connectivity index (χ1v) is 4.51. The molecular formula is C12H16N2. The second-order valence-corrected chi connectivity index (χ2v) is 3.29. The minimum atomic E-state index is 0.778. The Labute approximate surface area is 84.8 Å². The number of allylic oxidation sites excluding steroid dienone is 1. The molecule has 1 aromatic heterocycles. The maximum absolute atomic E-state index is 5.63. The van der Waals surface area contributed by atoms with Gasteiger partial charge in [-0.15, -0.1) is 0 Å². The van der Waals surface area contributed by atoms with Crippen molar-refractivity contribution in [2.75, 3.05) is 0 Å². The Morgan fingerprint density at radius 2 is 1.93 bits per heavy atom. The van der Waals surface area contributed by atoms with Crippen molar-refractivity contribution in [3.8, 4) is 0 Å². The SMILES string of the molecule is C=Cc1[nH]c(/C=C(/C)N)c(C)c1C=C. The number of nitrogens with two attached hydrogens (primary N) is 1. The van der Waals surface area contributed by atoms with E-state index in [1.165, 1.54) is 0 Å². The number of aromatic amines is 1. The normalized spacial score (nSPS) is 11.4. The molecule has 0 aliphatic heterocycles. The summed E-state index contributed by atoms with van der Waals surface area (Å²) in [6, 6.07) is 0. The molecule has 0 aliphatic carbocycles. The molecule has 0 unspecified atom stereocenters. The zero-order valence-corrected chi connectivity index (χ0v) is 8.72. The van der Waals surface area contributed by atoms with Crippen LogP contribution in [0.3, 0.4) is 0 Å². The lowest BCUT2D eigenvalue weighted by molar-refractivity contribution is 1.28. The number of aromatic nitrogens is 1. The Bertz CT molecular complexity index is 391. The van der Waals surface area contributed by atoms with Gasteiger partial charge in [0, 0.05) is 22.6 Å². The zero-order chi connectivity index (χ0) is 10.7. The minimum absolute atomic E-state index is 0.778. The first-order chi connectivity index (χ1) is 6.60. The second kappa shape index (κ2) is 4.01. The van der Waals surface area contributed by atoms with Crippen molar-refractivity contribution in [2.24, 2.45) is 5.73 Å². The molecule has 74 valence electrons. The van der Waals surface area contributed by atoms with Crippen LogP contribution in [0.5, 0.6) is 0 Å². The monoisotopic (exact) mass is 188 g/mol. The fourth-order valence-corrected chi connectivity index (χ4v) is 1.45. The molecule has 0 spiro atoms. The van der Waals surface area contributed by atoms with Crippen LogP contribution in [0.4, 0.5) is 0 Å². The predicted octanol–water partition coefficient (Wildman–Crippen LogP) is 2.93. The lowest BCUT2D eigenvalue weighted by Gasteiger charge is -1.94. The molecule has 14 heavy (non-hydrogen) atoms. The van der Waals surface area contributed by atoms with Crippen molar-refractivity contribution in [1.29, 1.82) is 0 Å². The molecule has 0 saturated heterocycles. The average molecular weight is 188 g/mol. The Morgan fingerprint density at radius 1 is 1.29 bits per heavy atom. The molecule has 0 amide bonds. The van der Waals surface area contributed by atoms with Crippen LogP contribution in [0, 0.1) is 6.92 Å². The van der Waals surface area contributed by atoms with E-state index >= 15 is 0 Å². The molecule has 0 aliphatic rings. The Hall–Kier alpha value is -1.70. The maximum atomic E-state index is 5.63. The summed E-state index contributed by atoms with van der Waals surface area (Å²) >= 11 is 0. The third-order valence-electron chi connectivity index (χ3n) is 2.15. The second-order valence-electron chi connectivity index (χ2n) is 3.29. The van der Waals surface area contributed by atoms with Gasteiger partial charge in [0.05, 0.1) is 0 Å². The molecule has 3 N–H and O–H groups in total. The van der Waals surface area contributed by atoms with E-state index < -0.39 is 0 Å². The highest BCUT2D eigenvalue weighted by Crippen LogP contribution is 2.21. The molecule has 1 aromatic rings. The van der Waals surface area contributed by atoms with E-state index in [-0.39, 0.29) is 0 Å². The summed E-state index contributed by atoms with van der Waals surface area (Å²) < 4.78 is 0. The van der Waals surface area contributed by atoms with Gasteiger partial charge in [-0.3, -0.25) is 0 Å². The summed E-state index contributed by atoms with van der Waals surface area (Å²) in [4.78, 5) is 3.24. The van der Waals surface area contributed by atoms with Crippen LogP contribution in [0.1, 0.15) is 29.4 Å². The topological polar surface area (TPSA) is 41.8 Å². The van der Waals surface area contributed by atoms with Crippen molar-refractivity contribution < 1.29 is 0 Å². The van der Waals surface area contributed by atoms with Crippen molar-refractivity contribution in [3.05, 3.63) is 41.4 Å². The molecule has 0 atom stereocenters. The van der Waals surface area contributed by atoms with Crippen LogP contribution in [0.25, 0.3) is 18.2 Å². The van der Waals surface area contributed by atoms with Gasteiger partial charge in [-0.05, 0) is 31.6 Å². The standard InChI is InChI=1S/C12H16N2/c1-5-10-9(4)12(7-8(3)13)14-11(10)6-2/h5-7,14H,1-2,13H2,3-4H3/b8-7-. The van der Waals surface area contributed by atoms with Crippen LogP contribution >= 0.6 is 0 Å². The van der Waals surface area contributed by atoms with E-state index in [4.69, 9.17) is 5.73 Å². The number of hydrogen-bond donors (Lipinski definition) is 2. The summed E-state index contributed by atoms with van der Waals surface area (Å²) in [5.41, 5.74) is 10.7. The Morgan fingerprint density at radius 3 is 2.29 bits per heavy atom. The van der Waals surface area contributed by atoms with E-state index in [1.807, 2.05) is 26.0 Å². The number of nitrogens with one attached hydrogen (secondary N) is 1. The average Bonchev–Trinajstić information content (AvgIpc) is 2.42. The highest BCUT2D eigenvalue weighted by atomic mass is 14.7. The smallest absolute Gasteiger partial charge is 0.0455 e. The van der Waals surface area contributed by atoms with Gasteiger partial charge in [0.1, 0.15) is 0 Å².